The molecule has 100 valence electrons. The van der Waals surface area contributed by atoms with Crippen LogP contribution in [0.25, 0.3) is 0 Å². The zero-order valence-corrected chi connectivity index (χ0v) is 12.2. The average Bonchev–Trinajstić information content (AvgIpc) is 2.39. The van der Waals surface area contributed by atoms with Crippen LogP contribution in [0.4, 0.5) is 4.39 Å². The van der Waals surface area contributed by atoms with E-state index < -0.39 is 0 Å². The zero-order chi connectivity index (χ0) is 13.8. The molecule has 0 amide bonds. The largest absolute Gasteiger partial charge is 0.494 e. The van der Waals surface area contributed by atoms with E-state index in [-0.39, 0.29) is 17.6 Å². The zero-order valence-electron chi connectivity index (χ0n) is 10.6. The van der Waals surface area contributed by atoms with Crippen LogP contribution in [0.15, 0.2) is 46.9 Å². The molecule has 1 unspecified atom stereocenters. The maximum absolute atomic E-state index is 13.6. The van der Waals surface area contributed by atoms with Crippen molar-refractivity contribution in [1.82, 2.24) is 0 Å². The molecule has 2 aromatic rings. The highest BCUT2D eigenvalue weighted by molar-refractivity contribution is 9.10. The third kappa shape index (κ3) is 3.55. The highest BCUT2D eigenvalue weighted by atomic mass is 79.9. The summed E-state index contributed by atoms with van der Waals surface area (Å²) in [5.41, 5.74) is 8.01. The van der Waals surface area contributed by atoms with Crippen LogP contribution in [-0.2, 0) is 6.42 Å². The van der Waals surface area contributed by atoms with Crippen molar-refractivity contribution < 1.29 is 9.13 Å². The molecule has 0 saturated carbocycles. The molecule has 0 heterocycles. The lowest BCUT2D eigenvalue weighted by atomic mass is 9.99. The van der Waals surface area contributed by atoms with Crippen LogP contribution in [0.3, 0.4) is 0 Å². The standard InChI is InChI=1S/C15H15BrFNO/c1-19-15-7-2-10(8-13(15)17)9-14(18)11-3-5-12(16)6-4-11/h2-8,14H,9,18H2,1H3. The second-order valence-electron chi connectivity index (χ2n) is 4.33. The molecule has 0 aliphatic heterocycles. The third-order valence-electron chi connectivity index (χ3n) is 2.97. The Kier molecular flexibility index (Phi) is 4.56. The van der Waals surface area contributed by atoms with Crippen LogP contribution in [-0.4, -0.2) is 7.11 Å². The van der Waals surface area contributed by atoms with E-state index in [1.165, 1.54) is 13.2 Å². The predicted octanol–water partition coefficient (Wildman–Crippen LogP) is 3.84. The van der Waals surface area contributed by atoms with Gasteiger partial charge >= 0.3 is 0 Å². The molecule has 0 aromatic heterocycles. The number of ether oxygens (including phenoxy) is 1. The summed E-state index contributed by atoms with van der Waals surface area (Å²) in [6.07, 6.45) is 0.586. The molecular weight excluding hydrogens is 309 g/mol. The summed E-state index contributed by atoms with van der Waals surface area (Å²) in [4.78, 5) is 0. The molecule has 2 N–H and O–H groups in total. The molecule has 0 bridgehead atoms. The van der Waals surface area contributed by atoms with Crippen LogP contribution in [0.2, 0.25) is 0 Å². The molecule has 0 spiro atoms. The first-order valence-electron chi connectivity index (χ1n) is 5.93. The molecule has 1 atom stereocenters. The summed E-state index contributed by atoms with van der Waals surface area (Å²) in [6, 6.07) is 12.6. The maximum atomic E-state index is 13.6. The highest BCUT2D eigenvalue weighted by Crippen LogP contribution is 2.22. The second-order valence-corrected chi connectivity index (χ2v) is 5.25. The fraction of sp³-hybridized carbons (Fsp3) is 0.200. The van der Waals surface area contributed by atoms with Crippen LogP contribution in [0, 0.1) is 5.82 Å². The van der Waals surface area contributed by atoms with Gasteiger partial charge < -0.3 is 10.5 Å². The molecule has 2 rings (SSSR count). The Hall–Kier alpha value is -1.39. The highest BCUT2D eigenvalue weighted by Gasteiger charge is 2.09. The number of benzene rings is 2. The number of hydrogen-bond acceptors (Lipinski definition) is 2. The van der Waals surface area contributed by atoms with E-state index in [2.05, 4.69) is 15.9 Å². The Balaban J connectivity index is 2.12. The summed E-state index contributed by atoms with van der Waals surface area (Å²) in [5.74, 6) is -0.107. The van der Waals surface area contributed by atoms with Crippen LogP contribution >= 0.6 is 15.9 Å². The van der Waals surface area contributed by atoms with Gasteiger partial charge in [-0.3, -0.25) is 0 Å². The molecule has 19 heavy (non-hydrogen) atoms. The van der Waals surface area contributed by atoms with Gasteiger partial charge in [0.25, 0.3) is 0 Å². The number of nitrogens with two attached hydrogens (primary N) is 1. The Morgan fingerprint density at radius 2 is 1.89 bits per heavy atom. The van der Waals surface area contributed by atoms with Crippen LogP contribution < -0.4 is 10.5 Å². The quantitative estimate of drug-likeness (QED) is 0.927. The molecular formula is C15H15BrFNO. The molecule has 0 radical (unpaired) electrons. The number of hydrogen-bond donors (Lipinski definition) is 1. The summed E-state index contributed by atoms with van der Waals surface area (Å²) in [7, 11) is 1.45. The van der Waals surface area contributed by atoms with Crippen molar-refractivity contribution in [3.05, 3.63) is 63.9 Å². The average molecular weight is 324 g/mol. The normalized spacial score (nSPS) is 12.2. The lowest BCUT2D eigenvalue weighted by molar-refractivity contribution is 0.386. The smallest absolute Gasteiger partial charge is 0.165 e. The topological polar surface area (TPSA) is 35.2 Å². The minimum atomic E-state index is -0.358. The van der Waals surface area contributed by atoms with E-state index in [9.17, 15) is 4.39 Å². The van der Waals surface area contributed by atoms with Crippen molar-refractivity contribution >= 4 is 15.9 Å². The molecule has 0 fully saturated rings. The van der Waals surface area contributed by atoms with Crippen molar-refractivity contribution in [3.63, 3.8) is 0 Å². The van der Waals surface area contributed by atoms with Gasteiger partial charge in [-0.2, -0.15) is 0 Å². The van der Waals surface area contributed by atoms with Gasteiger partial charge in [0.15, 0.2) is 11.6 Å². The number of halogens is 2. The van der Waals surface area contributed by atoms with E-state index in [0.717, 1.165) is 15.6 Å². The lowest BCUT2D eigenvalue weighted by Gasteiger charge is -2.13. The monoisotopic (exact) mass is 323 g/mol. The van der Waals surface area contributed by atoms with Gasteiger partial charge in [0.1, 0.15) is 0 Å². The Labute approximate surface area is 120 Å². The molecule has 0 aliphatic carbocycles. The summed E-state index contributed by atoms with van der Waals surface area (Å²) in [6.45, 7) is 0. The van der Waals surface area contributed by atoms with Gasteiger partial charge in [-0.25, -0.2) is 4.39 Å². The second kappa shape index (κ2) is 6.17. The minimum Gasteiger partial charge on any atom is -0.494 e. The van der Waals surface area contributed by atoms with E-state index in [0.29, 0.717) is 6.42 Å². The van der Waals surface area contributed by atoms with Gasteiger partial charge in [0.2, 0.25) is 0 Å². The third-order valence-corrected chi connectivity index (χ3v) is 3.50. The Morgan fingerprint density at radius 1 is 1.21 bits per heavy atom. The van der Waals surface area contributed by atoms with Gasteiger partial charge in [-0.1, -0.05) is 34.1 Å². The van der Waals surface area contributed by atoms with E-state index in [1.54, 1.807) is 6.07 Å². The first kappa shape index (κ1) is 14.0. The number of rotatable bonds is 4. The summed E-state index contributed by atoms with van der Waals surface area (Å²) in [5, 5.41) is 0. The lowest BCUT2D eigenvalue weighted by Crippen LogP contribution is -2.13. The van der Waals surface area contributed by atoms with E-state index in [4.69, 9.17) is 10.5 Å². The molecule has 2 aromatic carbocycles. The maximum Gasteiger partial charge on any atom is 0.165 e. The number of methoxy groups -OCH3 is 1. The Bertz CT molecular complexity index is 557. The van der Waals surface area contributed by atoms with Gasteiger partial charge in [0.05, 0.1) is 7.11 Å². The fourth-order valence-electron chi connectivity index (χ4n) is 1.92. The fourth-order valence-corrected chi connectivity index (χ4v) is 2.18. The SMILES string of the molecule is COc1ccc(CC(N)c2ccc(Br)cc2)cc1F. The predicted molar refractivity (Wildman–Crippen MR) is 77.7 cm³/mol. The van der Waals surface area contributed by atoms with Crippen molar-refractivity contribution in [3.8, 4) is 5.75 Å². The molecule has 2 nitrogen and oxygen atoms in total. The van der Waals surface area contributed by atoms with E-state index in [1.807, 2.05) is 30.3 Å². The minimum absolute atomic E-state index is 0.152. The molecule has 0 aliphatic rings. The van der Waals surface area contributed by atoms with Crippen LogP contribution in [0.5, 0.6) is 5.75 Å². The van der Waals surface area contributed by atoms with Gasteiger partial charge in [0, 0.05) is 10.5 Å². The molecule has 4 heteroatoms. The van der Waals surface area contributed by atoms with Crippen molar-refractivity contribution in [2.75, 3.05) is 7.11 Å². The first-order valence-corrected chi connectivity index (χ1v) is 6.73. The van der Waals surface area contributed by atoms with E-state index >= 15 is 0 Å². The first-order chi connectivity index (χ1) is 9.10. The van der Waals surface area contributed by atoms with Crippen LogP contribution in [0.1, 0.15) is 17.2 Å². The summed E-state index contributed by atoms with van der Waals surface area (Å²) >= 11 is 3.38. The van der Waals surface area contributed by atoms with Gasteiger partial charge in [-0.05, 0) is 41.8 Å². The van der Waals surface area contributed by atoms with Crippen molar-refractivity contribution in [1.29, 1.82) is 0 Å². The Morgan fingerprint density at radius 3 is 2.47 bits per heavy atom. The van der Waals surface area contributed by atoms with Gasteiger partial charge in [-0.15, -0.1) is 0 Å². The van der Waals surface area contributed by atoms with Crippen molar-refractivity contribution in [2.45, 2.75) is 12.5 Å². The summed E-state index contributed by atoms with van der Waals surface area (Å²) < 4.78 is 19.5. The molecule has 0 saturated heterocycles. The van der Waals surface area contributed by atoms with Crippen molar-refractivity contribution in [2.24, 2.45) is 5.73 Å².